The van der Waals surface area contributed by atoms with Crippen LogP contribution in [0.3, 0.4) is 0 Å². The second kappa shape index (κ2) is 11.7. The van der Waals surface area contributed by atoms with Gasteiger partial charge < -0.3 is 14.9 Å². The molecule has 4 nitrogen and oxygen atoms in total. The van der Waals surface area contributed by atoms with Gasteiger partial charge in [0.1, 0.15) is 0 Å². The number of anilines is 1. The van der Waals surface area contributed by atoms with Gasteiger partial charge in [-0.3, -0.25) is 4.79 Å². The predicted octanol–water partition coefficient (Wildman–Crippen LogP) is 7.67. The molecule has 3 aromatic carbocycles. The molecule has 0 unspecified atom stereocenters. The number of unbranched alkanes of at least 4 members (excludes halogenated alkanes) is 1. The van der Waals surface area contributed by atoms with Gasteiger partial charge in [-0.25, -0.2) is 0 Å². The molecule has 0 aliphatic carbocycles. The Labute approximate surface area is 239 Å². The first-order chi connectivity index (χ1) is 18.4. The summed E-state index contributed by atoms with van der Waals surface area (Å²) in [4.78, 5) is 18.1. The van der Waals surface area contributed by atoms with Crippen molar-refractivity contribution >= 4 is 44.7 Å². The van der Waals surface area contributed by atoms with Crippen LogP contribution in [0.5, 0.6) is 0 Å². The Morgan fingerprint density at radius 3 is 2.39 bits per heavy atom. The van der Waals surface area contributed by atoms with Gasteiger partial charge in [0, 0.05) is 46.8 Å². The highest BCUT2D eigenvalue weighted by Crippen LogP contribution is 2.40. The van der Waals surface area contributed by atoms with Crippen LogP contribution >= 0.6 is 27.5 Å². The second-order valence-electron chi connectivity index (χ2n) is 10.3. The van der Waals surface area contributed by atoms with Crippen molar-refractivity contribution in [2.45, 2.75) is 44.6 Å². The fourth-order valence-corrected chi connectivity index (χ4v) is 6.08. The van der Waals surface area contributed by atoms with E-state index in [9.17, 15) is 9.90 Å². The summed E-state index contributed by atoms with van der Waals surface area (Å²) in [5.74, 6) is 0.0642. The first kappa shape index (κ1) is 27.1. The molecule has 1 N–H and O–H groups in total. The quantitative estimate of drug-likeness (QED) is 0.306. The number of piperidine rings is 1. The molecule has 1 amide bonds. The van der Waals surface area contributed by atoms with Crippen LogP contribution in [0.2, 0.25) is 5.02 Å². The van der Waals surface area contributed by atoms with Crippen LogP contribution < -0.4 is 4.90 Å². The van der Waals surface area contributed by atoms with E-state index in [1.165, 1.54) is 0 Å². The fraction of sp³-hybridized carbons (Fsp3) is 0.344. The first-order valence-corrected chi connectivity index (χ1v) is 14.7. The fourth-order valence-electron chi connectivity index (χ4n) is 5.61. The average Bonchev–Trinajstić information content (AvgIpc) is 3.02. The van der Waals surface area contributed by atoms with Gasteiger partial charge in [0.15, 0.2) is 0 Å². The maximum Gasteiger partial charge on any atom is 0.258 e. The Hall–Kier alpha value is -2.44. The maximum atomic E-state index is 13.7. The molecule has 0 saturated carbocycles. The minimum Gasteiger partial charge on any atom is -0.385 e. The lowest BCUT2D eigenvalue weighted by molar-refractivity contribution is -0.0254. The van der Waals surface area contributed by atoms with E-state index in [0.717, 1.165) is 76.9 Å². The molecule has 0 atom stereocenters. The molecular formula is C32H34BrClN2O2. The number of rotatable bonds is 7. The molecular weight excluding hydrogens is 560 g/mol. The number of carbonyl (C=O) groups is 1. The Balaban J connectivity index is 1.37. The number of likely N-dealkylation sites (tertiary alicyclic amines) is 1. The van der Waals surface area contributed by atoms with E-state index in [1.54, 1.807) is 0 Å². The Morgan fingerprint density at radius 1 is 0.974 bits per heavy atom. The van der Waals surface area contributed by atoms with E-state index in [0.29, 0.717) is 24.4 Å². The van der Waals surface area contributed by atoms with Gasteiger partial charge >= 0.3 is 0 Å². The summed E-state index contributed by atoms with van der Waals surface area (Å²) < 4.78 is 0.970. The number of amides is 1. The number of aliphatic hydroxyl groups is 1. The zero-order valence-corrected chi connectivity index (χ0v) is 24.1. The largest absolute Gasteiger partial charge is 0.385 e. The van der Waals surface area contributed by atoms with Crippen molar-refractivity contribution in [1.29, 1.82) is 0 Å². The molecule has 0 bridgehead atoms. The molecule has 2 aliphatic heterocycles. The van der Waals surface area contributed by atoms with Gasteiger partial charge in [0.2, 0.25) is 0 Å². The standard InChI is InChI=1S/C32H34BrClN2O2/c1-2-3-19-36-30-22-24(33)12-15-28(30)26(27-7-4-5-8-29(27)31(36)37)9-6-18-35-20-16-32(38,17-21-35)23-10-13-25(34)14-11-23/h4-5,7-15,22,38H,2-3,6,16-21H2,1H3/b26-9+. The molecule has 3 aromatic rings. The summed E-state index contributed by atoms with van der Waals surface area (Å²) in [6.45, 7) is 5.43. The van der Waals surface area contributed by atoms with Gasteiger partial charge in [-0.1, -0.05) is 83.3 Å². The summed E-state index contributed by atoms with van der Waals surface area (Å²) in [5, 5.41) is 11.9. The Bertz CT molecular complexity index is 1330. The molecule has 198 valence electrons. The smallest absolute Gasteiger partial charge is 0.258 e. The van der Waals surface area contributed by atoms with Crippen LogP contribution in [0.1, 0.15) is 66.1 Å². The SMILES string of the molecule is CCCCN1C(=O)c2ccccc2/C(=C\CCN2CCC(O)(c3ccc(Cl)cc3)CC2)c2ccc(Br)cc21. The number of fused-ring (bicyclic) bond motifs is 2. The number of nitrogens with zero attached hydrogens (tertiary/aromatic N) is 2. The van der Waals surface area contributed by atoms with Gasteiger partial charge in [-0.05, 0) is 72.7 Å². The van der Waals surface area contributed by atoms with Crippen molar-refractivity contribution < 1.29 is 9.90 Å². The highest BCUT2D eigenvalue weighted by Gasteiger charge is 2.34. The zero-order valence-electron chi connectivity index (χ0n) is 21.8. The normalized spacial score (nSPS) is 18.3. The van der Waals surface area contributed by atoms with E-state index in [4.69, 9.17) is 11.6 Å². The van der Waals surface area contributed by atoms with Crippen LogP contribution in [0, 0.1) is 0 Å². The third-order valence-corrected chi connectivity index (χ3v) is 8.57. The molecule has 1 fully saturated rings. The Kier molecular flexibility index (Phi) is 8.39. The van der Waals surface area contributed by atoms with Crippen LogP contribution in [-0.2, 0) is 5.60 Å². The van der Waals surface area contributed by atoms with Crippen molar-refractivity contribution in [2.75, 3.05) is 31.1 Å². The third-order valence-electron chi connectivity index (χ3n) is 7.83. The molecule has 2 aliphatic rings. The van der Waals surface area contributed by atoms with Gasteiger partial charge in [0.05, 0.1) is 11.3 Å². The molecule has 38 heavy (non-hydrogen) atoms. The molecule has 0 radical (unpaired) electrons. The summed E-state index contributed by atoms with van der Waals surface area (Å²) in [7, 11) is 0. The van der Waals surface area contributed by atoms with Gasteiger partial charge in [-0.15, -0.1) is 0 Å². The van der Waals surface area contributed by atoms with E-state index in [1.807, 2.05) is 47.4 Å². The van der Waals surface area contributed by atoms with E-state index >= 15 is 0 Å². The van der Waals surface area contributed by atoms with Crippen molar-refractivity contribution in [3.63, 3.8) is 0 Å². The van der Waals surface area contributed by atoms with Crippen molar-refractivity contribution in [3.8, 4) is 0 Å². The van der Waals surface area contributed by atoms with Crippen LogP contribution in [-0.4, -0.2) is 42.1 Å². The molecule has 2 heterocycles. The lowest BCUT2D eigenvalue weighted by Crippen LogP contribution is -2.42. The third kappa shape index (κ3) is 5.62. The Morgan fingerprint density at radius 2 is 1.68 bits per heavy atom. The summed E-state index contributed by atoms with van der Waals surface area (Å²) in [6.07, 6.45) is 6.54. The highest BCUT2D eigenvalue weighted by atomic mass is 79.9. The molecule has 6 heteroatoms. The summed E-state index contributed by atoms with van der Waals surface area (Å²) in [6, 6.07) is 21.8. The number of carbonyl (C=O) groups excluding carboxylic acids is 1. The minimum absolute atomic E-state index is 0.0642. The topological polar surface area (TPSA) is 43.8 Å². The van der Waals surface area contributed by atoms with Crippen molar-refractivity contribution in [3.05, 3.63) is 105 Å². The zero-order chi connectivity index (χ0) is 26.7. The van der Waals surface area contributed by atoms with Crippen molar-refractivity contribution in [2.24, 2.45) is 0 Å². The number of benzene rings is 3. The monoisotopic (exact) mass is 592 g/mol. The molecule has 0 spiro atoms. The van der Waals surface area contributed by atoms with Gasteiger partial charge in [0.25, 0.3) is 5.91 Å². The van der Waals surface area contributed by atoms with Crippen molar-refractivity contribution in [1.82, 2.24) is 4.90 Å². The highest BCUT2D eigenvalue weighted by molar-refractivity contribution is 9.10. The number of halogens is 2. The van der Waals surface area contributed by atoms with E-state index < -0.39 is 5.60 Å². The lowest BCUT2D eigenvalue weighted by atomic mass is 9.84. The van der Waals surface area contributed by atoms with Crippen LogP contribution in [0.15, 0.2) is 77.3 Å². The second-order valence-corrected chi connectivity index (χ2v) is 11.7. The average molecular weight is 594 g/mol. The lowest BCUT2D eigenvalue weighted by Gasteiger charge is -2.38. The predicted molar refractivity (Wildman–Crippen MR) is 160 cm³/mol. The van der Waals surface area contributed by atoms with E-state index in [2.05, 4.69) is 58.1 Å². The molecule has 1 saturated heterocycles. The molecule has 0 aromatic heterocycles. The molecule has 5 rings (SSSR count). The minimum atomic E-state index is -0.797. The van der Waals surface area contributed by atoms with Crippen LogP contribution in [0.25, 0.3) is 5.57 Å². The number of hydrogen-bond acceptors (Lipinski definition) is 3. The maximum absolute atomic E-state index is 13.7. The van der Waals surface area contributed by atoms with E-state index in [-0.39, 0.29) is 5.91 Å². The first-order valence-electron chi connectivity index (χ1n) is 13.5. The van der Waals surface area contributed by atoms with Gasteiger partial charge in [-0.2, -0.15) is 0 Å². The summed E-state index contributed by atoms with van der Waals surface area (Å²) in [5.41, 5.74) is 5.08. The number of hydrogen-bond donors (Lipinski definition) is 1. The summed E-state index contributed by atoms with van der Waals surface area (Å²) >= 11 is 9.67. The van der Waals surface area contributed by atoms with Crippen LogP contribution in [0.4, 0.5) is 5.69 Å².